The Labute approximate surface area is 93.9 Å². The van der Waals surface area contributed by atoms with Crippen molar-refractivity contribution in [2.24, 2.45) is 0 Å². The zero-order valence-corrected chi connectivity index (χ0v) is 9.46. The van der Waals surface area contributed by atoms with Crippen molar-refractivity contribution in [2.45, 2.75) is 26.3 Å². The maximum Gasteiger partial charge on any atom is 0.201 e. The molecular formula is C11H14ClN3. The topological polar surface area (TPSA) is 43.8 Å². The lowest BCUT2D eigenvalue weighted by Gasteiger charge is -2.04. The summed E-state index contributed by atoms with van der Waals surface area (Å²) in [5.74, 6) is 0.570. The normalized spacial score (nSPS) is 11.1. The molecule has 0 saturated carbocycles. The summed E-state index contributed by atoms with van der Waals surface area (Å²) in [6.45, 7) is 3.08. The number of aryl methyl sites for hydroxylation is 1. The molecule has 80 valence electrons. The van der Waals surface area contributed by atoms with E-state index in [2.05, 4.69) is 11.9 Å². The molecule has 15 heavy (non-hydrogen) atoms. The van der Waals surface area contributed by atoms with E-state index in [-0.39, 0.29) is 0 Å². The third kappa shape index (κ3) is 1.92. The van der Waals surface area contributed by atoms with Gasteiger partial charge in [0, 0.05) is 11.6 Å². The summed E-state index contributed by atoms with van der Waals surface area (Å²) in [5, 5.41) is 0.697. The van der Waals surface area contributed by atoms with Crippen LogP contribution >= 0.6 is 11.6 Å². The summed E-state index contributed by atoms with van der Waals surface area (Å²) < 4.78 is 2.04. The molecule has 1 aromatic carbocycles. The highest BCUT2D eigenvalue weighted by Gasteiger charge is 2.07. The highest BCUT2D eigenvalue weighted by Crippen LogP contribution is 2.21. The molecule has 0 aliphatic rings. The first-order valence-electron chi connectivity index (χ1n) is 5.13. The second-order valence-electron chi connectivity index (χ2n) is 3.61. The molecule has 1 heterocycles. The number of imidazole rings is 1. The molecule has 0 atom stereocenters. The number of rotatable bonds is 3. The number of halogens is 1. The second kappa shape index (κ2) is 4.11. The number of fused-ring (bicyclic) bond motifs is 1. The molecular weight excluding hydrogens is 210 g/mol. The summed E-state index contributed by atoms with van der Waals surface area (Å²) >= 11 is 5.89. The monoisotopic (exact) mass is 223 g/mol. The second-order valence-corrected chi connectivity index (χ2v) is 4.04. The Morgan fingerprint density at radius 2 is 2.27 bits per heavy atom. The minimum atomic E-state index is 0.570. The first-order chi connectivity index (χ1) is 7.22. The number of anilines is 1. The summed E-state index contributed by atoms with van der Waals surface area (Å²) in [5.41, 5.74) is 7.78. The zero-order valence-electron chi connectivity index (χ0n) is 8.70. The van der Waals surface area contributed by atoms with Crippen LogP contribution < -0.4 is 5.73 Å². The molecule has 3 nitrogen and oxygen atoms in total. The Hall–Kier alpha value is -1.22. The van der Waals surface area contributed by atoms with Gasteiger partial charge in [0.2, 0.25) is 5.95 Å². The van der Waals surface area contributed by atoms with E-state index < -0.39 is 0 Å². The maximum atomic E-state index is 5.89. The van der Waals surface area contributed by atoms with Crippen LogP contribution in [0.25, 0.3) is 11.0 Å². The van der Waals surface area contributed by atoms with Crippen LogP contribution in [-0.4, -0.2) is 9.55 Å². The molecule has 0 radical (unpaired) electrons. The Morgan fingerprint density at radius 1 is 1.47 bits per heavy atom. The Bertz CT molecular complexity index is 476. The first kappa shape index (κ1) is 10.3. The van der Waals surface area contributed by atoms with Gasteiger partial charge in [0.15, 0.2) is 0 Å². The lowest BCUT2D eigenvalue weighted by Crippen LogP contribution is -2.02. The third-order valence-electron chi connectivity index (χ3n) is 2.48. The smallest absolute Gasteiger partial charge is 0.201 e. The summed E-state index contributed by atoms with van der Waals surface area (Å²) in [6.07, 6.45) is 2.25. The molecule has 1 aromatic heterocycles. The fourth-order valence-electron chi connectivity index (χ4n) is 1.67. The van der Waals surface area contributed by atoms with Crippen molar-refractivity contribution in [3.63, 3.8) is 0 Å². The van der Waals surface area contributed by atoms with Gasteiger partial charge in [-0.2, -0.15) is 0 Å². The van der Waals surface area contributed by atoms with E-state index >= 15 is 0 Å². The van der Waals surface area contributed by atoms with Crippen LogP contribution in [-0.2, 0) is 6.54 Å². The quantitative estimate of drug-likeness (QED) is 0.869. The molecule has 0 fully saturated rings. The van der Waals surface area contributed by atoms with Crippen LogP contribution in [0.1, 0.15) is 19.8 Å². The van der Waals surface area contributed by atoms with Crippen LogP contribution in [0.4, 0.5) is 5.95 Å². The number of unbranched alkanes of at least 4 members (excludes halogenated alkanes) is 1. The van der Waals surface area contributed by atoms with Crippen molar-refractivity contribution < 1.29 is 0 Å². The van der Waals surface area contributed by atoms with Gasteiger partial charge in [-0.1, -0.05) is 24.9 Å². The molecule has 0 aliphatic heterocycles. The van der Waals surface area contributed by atoms with Crippen molar-refractivity contribution >= 4 is 28.6 Å². The van der Waals surface area contributed by atoms with Gasteiger partial charge < -0.3 is 10.3 Å². The van der Waals surface area contributed by atoms with Gasteiger partial charge in [0.1, 0.15) is 0 Å². The van der Waals surface area contributed by atoms with Gasteiger partial charge in [-0.15, -0.1) is 0 Å². The Morgan fingerprint density at radius 3 is 3.00 bits per heavy atom. The number of benzene rings is 1. The van der Waals surface area contributed by atoms with Gasteiger partial charge in [0.25, 0.3) is 0 Å². The lowest BCUT2D eigenvalue weighted by atomic mass is 10.3. The van der Waals surface area contributed by atoms with E-state index in [4.69, 9.17) is 17.3 Å². The number of nitrogens with two attached hydrogens (primary N) is 1. The molecule has 0 bridgehead atoms. The molecule has 0 unspecified atom stereocenters. The molecule has 4 heteroatoms. The summed E-state index contributed by atoms with van der Waals surface area (Å²) in [6, 6.07) is 5.68. The van der Waals surface area contributed by atoms with Crippen LogP contribution in [0.3, 0.4) is 0 Å². The van der Waals surface area contributed by atoms with Crippen LogP contribution in [0.5, 0.6) is 0 Å². The number of nitrogen functional groups attached to an aromatic ring is 1. The molecule has 0 saturated heterocycles. The third-order valence-corrected chi connectivity index (χ3v) is 2.71. The predicted octanol–water partition coefficient (Wildman–Crippen LogP) is 3.07. The average Bonchev–Trinajstić information content (AvgIpc) is 2.50. The summed E-state index contributed by atoms with van der Waals surface area (Å²) in [4.78, 5) is 4.28. The number of aromatic nitrogens is 2. The molecule has 2 rings (SSSR count). The van der Waals surface area contributed by atoms with Crippen molar-refractivity contribution in [3.8, 4) is 0 Å². The number of hydrogen-bond acceptors (Lipinski definition) is 2. The first-order valence-corrected chi connectivity index (χ1v) is 5.51. The largest absolute Gasteiger partial charge is 0.369 e. The molecule has 0 aliphatic carbocycles. The van der Waals surface area contributed by atoms with Crippen LogP contribution in [0, 0.1) is 0 Å². The zero-order chi connectivity index (χ0) is 10.8. The van der Waals surface area contributed by atoms with Gasteiger partial charge in [0.05, 0.1) is 11.0 Å². The lowest BCUT2D eigenvalue weighted by molar-refractivity contribution is 0.653. The van der Waals surface area contributed by atoms with Crippen molar-refractivity contribution in [1.82, 2.24) is 9.55 Å². The van der Waals surface area contributed by atoms with E-state index in [1.165, 1.54) is 0 Å². The van der Waals surface area contributed by atoms with Gasteiger partial charge in [-0.25, -0.2) is 4.98 Å². The van der Waals surface area contributed by atoms with E-state index in [0.717, 1.165) is 30.4 Å². The Kier molecular flexibility index (Phi) is 2.82. The van der Waals surface area contributed by atoms with E-state index in [1.54, 1.807) is 0 Å². The summed E-state index contributed by atoms with van der Waals surface area (Å²) in [7, 11) is 0. The van der Waals surface area contributed by atoms with Gasteiger partial charge >= 0.3 is 0 Å². The van der Waals surface area contributed by atoms with E-state index in [1.807, 2.05) is 22.8 Å². The molecule has 0 spiro atoms. The fourth-order valence-corrected chi connectivity index (χ4v) is 1.84. The number of nitrogens with zero attached hydrogens (tertiary/aromatic N) is 2. The van der Waals surface area contributed by atoms with Crippen molar-refractivity contribution in [1.29, 1.82) is 0 Å². The van der Waals surface area contributed by atoms with E-state index in [0.29, 0.717) is 11.0 Å². The Balaban J connectivity index is 2.48. The SMILES string of the molecule is CCCCn1c(N)nc2cc(Cl)ccc21. The van der Waals surface area contributed by atoms with Crippen molar-refractivity contribution in [3.05, 3.63) is 23.2 Å². The van der Waals surface area contributed by atoms with Crippen LogP contribution in [0.15, 0.2) is 18.2 Å². The predicted molar refractivity (Wildman–Crippen MR) is 64.1 cm³/mol. The molecule has 2 N–H and O–H groups in total. The average molecular weight is 224 g/mol. The van der Waals surface area contributed by atoms with E-state index in [9.17, 15) is 0 Å². The fraction of sp³-hybridized carbons (Fsp3) is 0.364. The minimum absolute atomic E-state index is 0.570. The molecule has 0 amide bonds. The standard InChI is InChI=1S/C11H14ClN3/c1-2-3-6-15-10-5-4-8(12)7-9(10)14-11(15)13/h4-5,7H,2-3,6H2,1H3,(H2,13,14). The number of hydrogen-bond donors (Lipinski definition) is 1. The van der Waals surface area contributed by atoms with Crippen LogP contribution in [0.2, 0.25) is 5.02 Å². The molecule has 2 aromatic rings. The van der Waals surface area contributed by atoms with Crippen molar-refractivity contribution in [2.75, 3.05) is 5.73 Å². The van der Waals surface area contributed by atoms with Gasteiger partial charge in [-0.3, -0.25) is 0 Å². The van der Waals surface area contributed by atoms with Gasteiger partial charge in [-0.05, 0) is 24.6 Å². The highest BCUT2D eigenvalue weighted by atomic mass is 35.5. The maximum absolute atomic E-state index is 5.89. The minimum Gasteiger partial charge on any atom is -0.369 e. The highest BCUT2D eigenvalue weighted by molar-refractivity contribution is 6.31.